The minimum Gasteiger partial charge on any atom is -0.338 e. The molecule has 1 saturated carbocycles. The predicted octanol–water partition coefficient (Wildman–Crippen LogP) is 1.29. The van der Waals surface area contributed by atoms with E-state index in [1.54, 1.807) is 0 Å². The molecule has 21 heavy (non-hydrogen) atoms. The summed E-state index contributed by atoms with van der Waals surface area (Å²) in [6.45, 7) is 1.41. The number of nitrogens with one attached hydrogen (secondary N) is 1. The summed E-state index contributed by atoms with van der Waals surface area (Å²) in [6.07, 6.45) is 7.27. The number of nitrogens with two attached hydrogens (primary N) is 1. The van der Waals surface area contributed by atoms with Crippen LogP contribution in [0.1, 0.15) is 51.4 Å². The standard InChI is InChI=1S/C16H25N3O2/c17-13-4-2-1-3-11(13)9-16(21)19-8-7-14-12(10-19)5-6-15(20)18-14/h11,13H,1-10,17H2,(H,18,20)/t11-,13-/m1/s1. The monoisotopic (exact) mass is 291 g/mol. The van der Waals surface area contributed by atoms with E-state index in [0.29, 0.717) is 25.3 Å². The normalized spacial score (nSPS) is 30.0. The van der Waals surface area contributed by atoms with Crippen LogP contribution in [-0.4, -0.2) is 35.8 Å². The largest absolute Gasteiger partial charge is 0.338 e. The van der Waals surface area contributed by atoms with E-state index in [2.05, 4.69) is 5.32 Å². The Morgan fingerprint density at radius 1 is 1.24 bits per heavy atom. The molecule has 5 heteroatoms. The molecule has 0 bridgehead atoms. The number of carbonyl (C=O) groups is 2. The molecule has 0 aromatic heterocycles. The van der Waals surface area contributed by atoms with Gasteiger partial charge in [0.15, 0.2) is 0 Å². The molecule has 0 aromatic rings. The van der Waals surface area contributed by atoms with Crippen LogP contribution in [0.3, 0.4) is 0 Å². The number of amides is 2. The second kappa shape index (κ2) is 6.18. The van der Waals surface area contributed by atoms with Crippen LogP contribution in [0.4, 0.5) is 0 Å². The van der Waals surface area contributed by atoms with Crippen LogP contribution in [0, 0.1) is 5.92 Å². The fourth-order valence-electron chi connectivity index (χ4n) is 3.76. The van der Waals surface area contributed by atoms with Gasteiger partial charge in [0.25, 0.3) is 0 Å². The molecule has 1 fully saturated rings. The predicted molar refractivity (Wildman–Crippen MR) is 80.2 cm³/mol. The van der Waals surface area contributed by atoms with Crippen LogP contribution in [0.2, 0.25) is 0 Å². The summed E-state index contributed by atoms with van der Waals surface area (Å²) in [5, 5.41) is 2.95. The minimum absolute atomic E-state index is 0.113. The minimum atomic E-state index is 0.113. The lowest BCUT2D eigenvalue weighted by Crippen LogP contribution is -2.44. The van der Waals surface area contributed by atoms with E-state index >= 15 is 0 Å². The van der Waals surface area contributed by atoms with E-state index in [1.807, 2.05) is 4.90 Å². The summed E-state index contributed by atoms with van der Waals surface area (Å²) in [5.41, 5.74) is 8.45. The summed E-state index contributed by atoms with van der Waals surface area (Å²) < 4.78 is 0. The van der Waals surface area contributed by atoms with Crippen LogP contribution in [-0.2, 0) is 9.59 Å². The first-order valence-corrected chi connectivity index (χ1v) is 8.17. The van der Waals surface area contributed by atoms with Crippen molar-refractivity contribution < 1.29 is 9.59 Å². The van der Waals surface area contributed by atoms with Gasteiger partial charge in [0, 0.05) is 44.1 Å². The van der Waals surface area contributed by atoms with Crippen LogP contribution >= 0.6 is 0 Å². The quantitative estimate of drug-likeness (QED) is 0.805. The van der Waals surface area contributed by atoms with Gasteiger partial charge in [0.1, 0.15) is 0 Å². The van der Waals surface area contributed by atoms with Crippen molar-refractivity contribution in [2.75, 3.05) is 13.1 Å². The molecule has 3 aliphatic rings. The van der Waals surface area contributed by atoms with Gasteiger partial charge in [0.2, 0.25) is 11.8 Å². The van der Waals surface area contributed by atoms with Crippen molar-refractivity contribution in [3.63, 3.8) is 0 Å². The summed E-state index contributed by atoms with van der Waals surface area (Å²) in [7, 11) is 0. The highest BCUT2D eigenvalue weighted by atomic mass is 16.2. The molecule has 0 spiro atoms. The Kier molecular flexibility index (Phi) is 4.29. The first-order valence-electron chi connectivity index (χ1n) is 8.17. The molecule has 116 valence electrons. The molecule has 2 aliphatic heterocycles. The number of rotatable bonds is 2. The summed E-state index contributed by atoms with van der Waals surface area (Å²) in [6, 6.07) is 0.191. The van der Waals surface area contributed by atoms with Crippen LogP contribution < -0.4 is 11.1 Å². The van der Waals surface area contributed by atoms with Crippen molar-refractivity contribution in [3.8, 4) is 0 Å². The number of hydrogen-bond donors (Lipinski definition) is 2. The van der Waals surface area contributed by atoms with Gasteiger partial charge in [-0.15, -0.1) is 0 Å². The van der Waals surface area contributed by atoms with Gasteiger partial charge < -0.3 is 16.0 Å². The van der Waals surface area contributed by atoms with Gasteiger partial charge in [-0.1, -0.05) is 12.8 Å². The van der Waals surface area contributed by atoms with E-state index in [0.717, 1.165) is 37.9 Å². The van der Waals surface area contributed by atoms with Crippen molar-refractivity contribution in [3.05, 3.63) is 11.3 Å². The lowest BCUT2D eigenvalue weighted by atomic mass is 9.82. The molecule has 0 aromatic carbocycles. The Morgan fingerprint density at radius 2 is 2.05 bits per heavy atom. The SMILES string of the molecule is N[C@@H]1CCCC[C@@H]1CC(=O)N1CCC2=C(CCC(=O)N2)C1. The molecule has 0 radical (unpaired) electrons. The van der Waals surface area contributed by atoms with E-state index in [1.165, 1.54) is 18.4 Å². The Labute approximate surface area is 125 Å². The highest BCUT2D eigenvalue weighted by Crippen LogP contribution is 2.28. The fourth-order valence-corrected chi connectivity index (χ4v) is 3.76. The van der Waals surface area contributed by atoms with Crippen LogP contribution in [0.5, 0.6) is 0 Å². The van der Waals surface area contributed by atoms with Crippen molar-refractivity contribution >= 4 is 11.8 Å². The third-order valence-corrected chi connectivity index (χ3v) is 5.14. The molecule has 5 nitrogen and oxygen atoms in total. The maximum atomic E-state index is 12.5. The lowest BCUT2D eigenvalue weighted by molar-refractivity contribution is -0.132. The highest BCUT2D eigenvalue weighted by molar-refractivity contribution is 5.81. The average Bonchev–Trinajstić information content (AvgIpc) is 2.49. The van der Waals surface area contributed by atoms with E-state index < -0.39 is 0 Å². The second-order valence-corrected chi connectivity index (χ2v) is 6.61. The van der Waals surface area contributed by atoms with Gasteiger partial charge in [-0.05, 0) is 30.8 Å². The zero-order valence-electron chi connectivity index (χ0n) is 12.6. The first-order chi connectivity index (χ1) is 10.1. The fraction of sp³-hybridized carbons (Fsp3) is 0.750. The molecule has 3 rings (SSSR count). The maximum Gasteiger partial charge on any atom is 0.224 e. The molecular weight excluding hydrogens is 266 g/mol. The second-order valence-electron chi connectivity index (χ2n) is 6.61. The van der Waals surface area contributed by atoms with Crippen molar-refractivity contribution in [2.45, 2.75) is 57.4 Å². The van der Waals surface area contributed by atoms with E-state index in [4.69, 9.17) is 5.73 Å². The molecule has 2 amide bonds. The zero-order chi connectivity index (χ0) is 14.8. The smallest absolute Gasteiger partial charge is 0.224 e. The van der Waals surface area contributed by atoms with E-state index in [9.17, 15) is 9.59 Å². The molecule has 2 heterocycles. The summed E-state index contributed by atoms with van der Waals surface area (Å²) in [5.74, 6) is 0.704. The van der Waals surface area contributed by atoms with Gasteiger partial charge in [-0.2, -0.15) is 0 Å². The van der Waals surface area contributed by atoms with Crippen LogP contribution in [0.15, 0.2) is 11.3 Å². The molecule has 3 N–H and O–H groups in total. The summed E-state index contributed by atoms with van der Waals surface area (Å²) in [4.78, 5) is 25.9. The molecule has 1 aliphatic carbocycles. The highest BCUT2D eigenvalue weighted by Gasteiger charge is 2.30. The molecule has 0 unspecified atom stereocenters. The zero-order valence-corrected chi connectivity index (χ0v) is 12.6. The van der Waals surface area contributed by atoms with Crippen LogP contribution in [0.25, 0.3) is 0 Å². The first kappa shape index (κ1) is 14.6. The Hall–Kier alpha value is -1.36. The number of carbonyl (C=O) groups excluding carboxylic acids is 2. The van der Waals surface area contributed by atoms with Gasteiger partial charge in [-0.3, -0.25) is 9.59 Å². The van der Waals surface area contributed by atoms with Crippen molar-refractivity contribution in [1.82, 2.24) is 10.2 Å². The summed E-state index contributed by atoms with van der Waals surface area (Å²) >= 11 is 0. The average molecular weight is 291 g/mol. The van der Waals surface area contributed by atoms with Gasteiger partial charge in [0.05, 0.1) is 0 Å². The Balaban J connectivity index is 1.58. The molecule has 0 saturated heterocycles. The van der Waals surface area contributed by atoms with Crippen molar-refractivity contribution in [1.29, 1.82) is 0 Å². The topological polar surface area (TPSA) is 75.4 Å². The van der Waals surface area contributed by atoms with Crippen molar-refractivity contribution in [2.24, 2.45) is 11.7 Å². The molecular formula is C16H25N3O2. The van der Waals surface area contributed by atoms with E-state index in [-0.39, 0.29) is 17.9 Å². The lowest BCUT2D eigenvalue weighted by Gasteiger charge is -2.35. The number of hydrogen-bond acceptors (Lipinski definition) is 3. The maximum absolute atomic E-state index is 12.5. The Morgan fingerprint density at radius 3 is 2.86 bits per heavy atom. The third kappa shape index (κ3) is 3.28. The van der Waals surface area contributed by atoms with Gasteiger partial charge >= 0.3 is 0 Å². The third-order valence-electron chi connectivity index (χ3n) is 5.14. The van der Waals surface area contributed by atoms with Gasteiger partial charge in [-0.25, -0.2) is 0 Å². The molecule has 2 atom stereocenters. The Bertz CT molecular complexity index is 472. The number of nitrogens with zero attached hydrogens (tertiary/aromatic N) is 1.